The summed E-state index contributed by atoms with van der Waals surface area (Å²) in [5.74, 6) is -0.805. The minimum Gasteiger partial charge on any atom is -0.468 e. The number of aliphatic hydroxyl groups is 1. The quantitative estimate of drug-likeness (QED) is 0.775. The maximum atomic E-state index is 13.1. The van der Waals surface area contributed by atoms with E-state index in [2.05, 4.69) is 10.1 Å². The Balaban J connectivity index is 2.73. The predicted molar refractivity (Wildman–Crippen MR) is 65.5 cm³/mol. The summed E-state index contributed by atoms with van der Waals surface area (Å²) in [4.78, 5) is 11.5. The number of rotatable bonds is 5. The minimum absolute atomic E-state index is 0.267. The van der Waals surface area contributed by atoms with E-state index in [0.29, 0.717) is 12.1 Å². The van der Waals surface area contributed by atoms with Gasteiger partial charge >= 0.3 is 5.97 Å². The van der Waals surface area contributed by atoms with Gasteiger partial charge in [-0.1, -0.05) is 12.1 Å². The van der Waals surface area contributed by atoms with Crippen LogP contribution in [0.25, 0.3) is 0 Å². The third-order valence-corrected chi connectivity index (χ3v) is 2.86. The number of carbonyl (C=O) groups excluding carboxylic acids is 1. The molecule has 0 aliphatic carbocycles. The van der Waals surface area contributed by atoms with Gasteiger partial charge in [-0.3, -0.25) is 5.32 Å². The number of benzene rings is 1. The van der Waals surface area contributed by atoms with Crippen molar-refractivity contribution in [3.63, 3.8) is 0 Å². The zero-order valence-electron chi connectivity index (χ0n) is 10.8. The van der Waals surface area contributed by atoms with Gasteiger partial charge in [0.2, 0.25) is 0 Å². The zero-order valence-corrected chi connectivity index (χ0v) is 10.8. The van der Waals surface area contributed by atoms with E-state index in [1.54, 1.807) is 26.0 Å². The number of esters is 1. The first-order chi connectivity index (χ1) is 8.42. The molecule has 4 nitrogen and oxygen atoms in total. The third-order valence-electron chi connectivity index (χ3n) is 2.86. The lowest BCUT2D eigenvalue weighted by Crippen LogP contribution is -2.52. The Hall–Kier alpha value is -1.46. The highest BCUT2D eigenvalue weighted by molar-refractivity contribution is 5.80. The van der Waals surface area contributed by atoms with E-state index >= 15 is 0 Å². The Morgan fingerprint density at radius 3 is 2.72 bits per heavy atom. The molecule has 100 valence electrons. The first kappa shape index (κ1) is 14.6. The lowest BCUT2D eigenvalue weighted by molar-refractivity contribution is -0.149. The molecule has 0 aromatic heterocycles. The predicted octanol–water partition coefficient (Wildman–Crippen LogP) is 1.15. The highest BCUT2D eigenvalue weighted by Crippen LogP contribution is 2.11. The van der Waals surface area contributed by atoms with Gasteiger partial charge in [-0.15, -0.1) is 0 Å². The van der Waals surface area contributed by atoms with Crippen LogP contribution in [0.3, 0.4) is 0 Å². The standard InChI is InChI=1S/C13H18FNO3/c1-9-6-10(4-5-11(9)14)7-15-13(2,8-16)12(17)18-3/h4-6,15-16H,7-8H2,1-3H3. The molecule has 1 unspecified atom stereocenters. The smallest absolute Gasteiger partial charge is 0.328 e. The third kappa shape index (κ3) is 3.27. The summed E-state index contributed by atoms with van der Waals surface area (Å²) < 4.78 is 17.7. The van der Waals surface area contributed by atoms with Crippen LogP contribution in [0.5, 0.6) is 0 Å². The Morgan fingerprint density at radius 1 is 1.56 bits per heavy atom. The number of hydrogen-bond acceptors (Lipinski definition) is 4. The van der Waals surface area contributed by atoms with Gasteiger partial charge in [0.1, 0.15) is 11.4 Å². The molecule has 2 N–H and O–H groups in total. The second kappa shape index (κ2) is 5.93. The Bertz CT molecular complexity index is 436. The normalized spacial score (nSPS) is 14.1. The van der Waals surface area contributed by atoms with Crippen molar-refractivity contribution in [3.05, 3.63) is 35.1 Å². The number of aryl methyl sites for hydroxylation is 1. The SMILES string of the molecule is COC(=O)C(C)(CO)NCc1ccc(F)c(C)c1. The molecule has 0 aliphatic rings. The van der Waals surface area contributed by atoms with Gasteiger partial charge in [0.15, 0.2) is 0 Å². The van der Waals surface area contributed by atoms with Crippen LogP contribution in [0.4, 0.5) is 4.39 Å². The first-order valence-corrected chi connectivity index (χ1v) is 5.62. The fourth-order valence-electron chi connectivity index (χ4n) is 1.53. The van der Waals surface area contributed by atoms with Crippen LogP contribution >= 0.6 is 0 Å². The van der Waals surface area contributed by atoms with Crippen molar-refractivity contribution in [2.75, 3.05) is 13.7 Å². The van der Waals surface area contributed by atoms with Crippen molar-refractivity contribution in [1.82, 2.24) is 5.32 Å². The van der Waals surface area contributed by atoms with Crippen LogP contribution in [0.1, 0.15) is 18.1 Å². The molecule has 0 amide bonds. The fourth-order valence-corrected chi connectivity index (χ4v) is 1.53. The summed E-state index contributed by atoms with van der Waals surface area (Å²) in [7, 11) is 1.26. The van der Waals surface area contributed by atoms with Gasteiger partial charge in [0.05, 0.1) is 13.7 Å². The topological polar surface area (TPSA) is 58.6 Å². The Labute approximate surface area is 106 Å². The van der Waals surface area contributed by atoms with Gasteiger partial charge in [0, 0.05) is 6.54 Å². The van der Waals surface area contributed by atoms with Crippen LogP contribution in [0.15, 0.2) is 18.2 Å². The van der Waals surface area contributed by atoms with Crippen molar-refractivity contribution in [3.8, 4) is 0 Å². The molecule has 0 radical (unpaired) electrons. The first-order valence-electron chi connectivity index (χ1n) is 5.62. The van der Waals surface area contributed by atoms with Crippen LogP contribution in [0.2, 0.25) is 0 Å². The molecule has 1 aromatic rings. The van der Waals surface area contributed by atoms with E-state index in [-0.39, 0.29) is 12.4 Å². The number of nitrogens with one attached hydrogen (secondary N) is 1. The second-order valence-corrected chi connectivity index (χ2v) is 4.42. The van der Waals surface area contributed by atoms with Gasteiger partial charge in [0.25, 0.3) is 0 Å². The fraction of sp³-hybridized carbons (Fsp3) is 0.462. The van der Waals surface area contributed by atoms with E-state index in [1.165, 1.54) is 13.2 Å². The van der Waals surface area contributed by atoms with Crippen LogP contribution in [0, 0.1) is 12.7 Å². The summed E-state index contributed by atoms with van der Waals surface area (Å²) in [5.41, 5.74) is 0.215. The zero-order chi connectivity index (χ0) is 13.8. The summed E-state index contributed by atoms with van der Waals surface area (Å²) in [6.45, 7) is 3.19. The average molecular weight is 255 g/mol. The van der Waals surface area contributed by atoms with Crippen LogP contribution < -0.4 is 5.32 Å². The van der Waals surface area contributed by atoms with Gasteiger partial charge in [-0.05, 0) is 31.0 Å². The second-order valence-electron chi connectivity index (χ2n) is 4.42. The average Bonchev–Trinajstić information content (AvgIpc) is 2.38. The van der Waals surface area contributed by atoms with Crippen LogP contribution in [-0.2, 0) is 16.1 Å². The van der Waals surface area contributed by atoms with Crippen LogP contribution in [-0.4, -0.2) is 30.3 Å². The number of halogens is 1. The monoisotopic (exact) mass is 255 g/mol. The van der Waals surface area contributed by atoms with E-state index < -0.39 is 11.5 Å². The summed E-state index contributed by atoms with van der Waals surface area (Å²) >= 11 is 0. The molecule has 0 saturated carbocycles. The van der Waals surface area contributed by atoms with E-state index in [1.807, 2.05) is 0 Å². The summed E-state index contributed by atoms with van der Waals surface area (Å²) in [5, 5.41) is 12.2. The van der Waals surface area contributed by atoms with Crippen molar-refractivity contribution in [2.24, 2.45) is 0 Å². The molecule has 1 aromatic carbocycles. The lowest BCUT2D eigenvalue weighted by Gasteiger charge is -2.25. The number of ether oxygens (including phenoxy) is 1. The molecule has 1 atom stereocenters. The number of methoxy groups -OCH3 is 1. The van der Waals surface area contributed by atoms with Gasteiger partial charge < -0.3 is 9.84 Å². The van der Waals surface area contributed by atoms with Gasteiger partial charge in [-0.25, -0.2) is 9.18 Å². The molecule has 5 heteroatoms. The molecule has 1 rings (SSSR count). The molecule has 0 spiro atoms. The van der Waals surface area contributed by atoms with E-state index in [0.717, 1.165) is 5.56 Å². The Kier molecular flexibility index (Phi) is 4.81. The highest BCUT2D eigenvalue weighted by atomic mass is 19.1. The van der Waals surface area contributed by atoms with Gasteiger partial charge in [-0.2, -0.15) is 0 Å². The summed E-state index contributed by atoms with van der Waals surface area (Å²) in [6, 6.07) is 4.70. The molecule has 0 saturated heterocycles. The molecule has 0 aliphatic heterocycles. The summed E-state index contributed by atoms with van der Waals surface area (Å²) in [6.07, 6.45) is 0. The molecule has 0 heterocycles. The highest BCUT2D eigenvalue weighted by Gasteiger charge is 2.33. The van der Waals surface area contributed by atoms with Crippen molar-refractivity contribution >= 4 is 5.97 Å². The maximum absolute atomic E-state index is 13.1. The Morgan fingerprint density at radius 2 is 2.22 bits per heavy atom. The van der Waals surface area contributed by atoms with Crippen molar-refractivity contribution < 1.29 is 19.0 Å². The molecule has 18 heavy (non-hydrogen) atoms. The molecular weight excluding hydrogens is 237 g/mol. The van der Waals surface area contributed by atoms with E-state index in [4.69, 9.17) is 0 Å². The minimum atomic E-state index is -1.16. The number of hydrogen-bond donors (Lipinski definition) is 2. The number of carbonyl (C=O) groups is 1. The largest absolute Gasteiger partial charge is 0.468 e. The van der Waals surface area contributed by atoms with E-state index in [9.17, 15) is 14.3 Å². The number of aliphatic hydroxyl groups excluding tert-OH is 1. The molecular formula is C13H18FNO3. The lowest BCUT2D eigenvalue weighted by atomic mass is 10.0. The molecule has 0 bridgehead atoms. The maximum Gasteiger partial charge on any atom is 0.328 e. The molecule has 0 fully saturated rings. The van der Waals surface area contributed by atoms with Crippen molar-refractivity contribution in [1.29, 1.82) is 0 Å². The van der Waals surface area contributed by atoms with Crippen molar-refractivity contribution in [2.45, 2.75) is 25.9 Å².